The first-order valence-electron chi connectivity index (χ1n) is 8.45. The number of nitriles is 1. The summed E-state index contributed by atoms with van der Waals surface area (Å²) < 4.78 is 5.23. The summed E-state index contributed by atoms with van der Waals surface area (Å²) in [4.78, 5) is 9.04. The Labute approximate surface area is 171 Å². The van der Waals surface area contributed by atoms with E-state index in [9.17, 15) is 5.26 Å². The Morgan fingerprint density at radius 1 is 1.14 bits per heavy atom. The normalized spacial score (nSPS) is 11.4. The summed E-state index contributed by atoms with van der Waals surface area (Å²) >= 11 is 7.79. The van der Waals surface area contributed by atoms with E-state index in [1.807, 2.05) is 60.0 Å². The van der Waals surface area contributed by atoms with E-state index >= 15 is 0 Å². The maximum atomic E-state index is 9.66. The Bertz CT molecular complexity index is 1230. The number of aromatic nitrogens is 2. The van der Waals surface area contributed by atoms with Gasteiger partial charge in [0.25, 0.3) is 0 Å². The van der Waals surface area contributed by atoms with Gasteiger partial charge in [0.1, 0.15) is 22.0 Å². The average Bonchev–Trinajstić information content (AvgIpc) is 3.22. The second-order valence-electron chi connectivity index (χ2n) is 6.00. The zero-order valence-corrected chi connectivity index (χ0v) is 16.5. The van der Waals surface area contributed by atoms with Crippen molar-refractivity contribution in [2.45, 2.75) is 0 Å². The lowest BCUT2D eigenvalue weighted by atomic mass is 10.1. The first kappa shape index (κ1) is 18.2. The zero-order valence-electron chi connectivity index (χ0n) is 14.9. The molecule has 4 rings (SSSR count). The van der Waals surface area contributed by atoms with Crippen molar-refractivity contribution in [2.75, 3.05) is 7.11 Å². The number of halogens is 1. The smallest absolute Gasteiger partial charge is 0.137 e. The van der Waals surface area contributed by atoms with Crippen LogP contribution in [0.15, 0.2) is 60.0 Å². The van der Waals surface area contributed by atoms with Gasteiger partial charge in [0, 0.05) is 28.0 Å². The van der Waals surface area contributed by atoms with Crippen LogP contribution >= 0.6 is 22.9 Å². The topological polar surface area (TPSA) is 58.8 Å². The molecule has 4 aromatic rings. The van der Waals surface area contributed by atoms with E-state index in [1.54, 1.807) is 13.2 Å². The lowest BCUT2D eigenvalue weighted by Gasteiger charge is -2.05. The van der Waals surface area contributed by atoms with Gasteiger partial charge in [-0.25, -0.2) is 9.97 Å². The average molecular weight is 404 g/mol. The van der Waals surface area contributed by atoms with E-state index < -0.39 is 0 Å². The van der Waals surface area contributed by atoms with Crippen LogP contribution in [0.5, 0.6) is 5.75 Å². The molecular formula is C22H14ClN3OS. The number of hydrogen-bond acceptors (Lipinski definition) is 5. The largest absolute Gasteiger partial charge is 0.497 e. The summed E-state index contributed by atoms with van der Waals surface area (Å²) in [6.07, 6.45) is 1.73. The molecule has 0 atom stereocenters. The maximum absolute atomic E-state index is 9.66. The van der Waals surface area contributed by atoms with Crippen molar-refractivity contribution >= 4 is 45.5 Å². The van der Waals surface area contributed by atoms with E-state index in [4.69, 9.17) is 16.3 Å². The van der Waals surface area contributed by atoms with Crippen LogP contribution in [0.2, 0.25) is 5.15 Å². The van der Waals surface area contributed by atoms with E-state index in [0.29, 0.717) is 27.0 Å². The van der Waals surface area contributed by atoms with Crippen molar-refractivity contribution in [1.29, 1.82) is 5.26 Å². The van der Waals surface area contributed by atoms with Gasteiger partial charge in [-0.2, -0.15) is 5.26 Å². The fourth-order valence-corrected chi connectivity index (χ4v) is 3.80. The number of allylic oxidation sites excluding steroid dienone is 1. The van der Waals surface area contributed by atoms with Gasteiger partial charge >= 0.3 is 0 Å². The number of benzene rings is 2. The molecule has 0 radical (unpaired) electrons. The number of nitrogens with zero attached hydrogens (tertiary/aromatic N) is 3. The second-order valence-corrected chi connectivity index (χ2v) is 7.22. The third kappa shape index (κ3) is 3.61. The fraction of sp³-hybridized carbons (Fsp3) is 0.0455. The molecule has 0 amide bonds. The minimum atomic E-state index is 0.327. The van der Waals surface area contributed by atoms with Crippen molar-refractivity contribution in [3.05, 3.63) is 75.7 Å². The van der Waals surface area contributed by atoms with Gasteiger partial charge in [-0.05, 0) is 24.3 Å². The van der Waals surface area contributed by atoms with E-state index in [-0.39, 0.29) is 0 Å². The molecule has 0 bridgehead atoms. The lowest BCUT2D eigenvalue weighted by Crippen LogP contribution is -1.89. The highest BCUT2D eigenvalue weighted by molar-refractivity contribution is 7.11. The summed E-state index contributed by atoms with van der Waals surface area (Å²) in [6, 6.07) is 19.6. The highest BCUT2D eigenvalue weighted by Gasteiger charge is 2.11. The predicted molar refractivity (Wildman–Crippen MR) is 114 cm³/mol. The molecule has 0 aliphatic rings. The molecule has 0 N–H and O–H groups in total. The minimum absolute atomic E-state index is 0.327. The maximum Gasteiger partial charge on any atom is 0.137 e. The molecule has 2 heterocycles. The van der Waals surface area contributed by atoms with Crippen LogP contribution in [0, 0.1) is 11.3 Å². The number of pyridine rings is 1. The molecular weight excluding hydrogens is 390 g/mol. The van der Waals surface area contributed by atoms with Crippen LogP contribution in [-0.2, 0) is 0 Å². The Kier molecular flexibility index (Phi) is 5.07. The summed E-state index contributed by atoms with van der Waals surface area (Å²) in [5.41, 5.74) is 3.72. The number of hydrogen-bond donors (Lipinski definition) is 0. The first-order valence-corrected chi connectivity index (χ1v) is 9.71. The molecule has 6 heteroatoms. The molecule has 0 spiro atoms. The molecule has 0 aliphatic carbocycles. The van der Waals surface area contributed by atoms with Crippen molar-refractivity contribution in [3.8, 4) is 23.1 Å². The highest BCUT2D eigenvalue weighted by atomic mass is 35.5. The van der Waals surface area contributed by atoms with Gasteiger partial charge in [-0.3, -0.25) is 0 Å². The third-order valence-corrected chi connectivity index (χ3v) is 5.41. The molecule has 2 aromatic heterocycles. The van der Waals surface area contributed by atoms with Gasteiger partial charge in [0.05, 0.1) is 23.9 Å². The molecule has 0 saturated heterocycles. The summed E-state index contributed by atoms with van der Waals surface area (Å²) in [5, 5.41) is 13.5. The molecule has 0 fully saturated rings. The fourth-order valence-electron chi connectivity index (χ4n) is 2.80. The van der Waals surface area contributed by atoms with Crippen LogP contribution in [0.25, 0.3) is 33.8 Å². The Morgan fingerprint density at radius 2 is 1.96 bits per heavy atom. The quantitative estimate of drug-likeness (QED) is 0.306. The monoisotopic (exact) mass is 403 g/mol. The summed E-state index contributed by atoms with van der Waals surface area (Å²) in [6.45, 7) is 0. The summed E-state index contributed by atoms with van der Waals surface area (Å²) in [5.74, 6) is 0.716. The van der Waals surface area contributed by atoms with E-state index in [2.05, 4.69) is 16.0 Å². The standard InChI is InChI=1S/C22H14ClN3OS/c1-27-18-8-7-15-9-16(21(23)25-19(15)11-18)10-17(12-24)22-26-20(13-28-22)14-5-3-2-4-6-14/h2-11,13H,1H3. The zero-order chi connectivity index (χ0) is 19.5. The molecule has 0 aliphatic heterocycles. The van der Waals surface area contributed by atoms with Gasteiger partial charge in [-0.1, -0.05) is 41.9 Å². The lowest BCUT2D eigenvalue weighted by molar-refractivity contribution is 0.415. The van der Waals surface area contributed by atoms with Gasteiger partial charge in [0.15, 0.2) is 0 Å². The minimum Gasteiger partial charge on any atom is -0.497 e. The van der Waals surface area contributed by atoms with Crippen molar-refractivity contribution in [1.82, 2.24) is 9.97 Å². The first-order chi connectivity index (χ1) is 13.7. The van der Waals surface area contributed by atoms with Crippen LogP contribution in [0.1, 0.15) is 10.6 Å². The SMILES string of the molecule is COc1ccc2cc(C=C(C#N)c3nc(-c4ccccc4)cs3)c(Cl)nc2c1. The van der Waals surface area contributed by atoms with Gasteiger partial charge in [-0.15, -0.1) is 11.3 Å². The Balaban J connectivity index is 1.73. The molecule has 4 nitrogen and oxygen atoms in total. The third-order valence-electron chi connectivity index (χ3n) is 4.23. The molecule has 2 aromatic carbocycles. The van der Waals surface area contributed by atoms with E-state index in [1.165, 1.54) is 11.3 Å². The Hall–Kier alpha value is -3.20. The number of ether oxygens (including phenoxy) is 1. The van der Waals surface area contributed by atoms with Crippen molar-refractivity contribution in [3.63, 3.8) is 0 Å². The van der Waals surface area contributed by atoms with Crippen LogP contribution < -0.4 is 4.74 Å². The molecule has 0 unspecified atom stereocenters. The predicted octanol–water partition coefficient (Wildman–Crippen LogP) is 6.08. The number of thiazole rings is 1. The van der Waals surface area contributed by atoms with Gasteiger partial charge < -0.3 is 4.74 Å². The van der Waals surface area contributed by atoms with E-state index in [0.717, 1.165) is 22.2 Å². The molecule has 136 valence electrons. The van der Waals surface area contributed by atoms with Gasteiger partial charge in [0.2, 0.25) is 0 Å². The van der Waals surface area contributed by atoms with Crippen molar-refractivity contribution in [2.24, 2.45) is 0 Å². The van der Waals surface area contributed by atoms with Crippen LogP contribution in [0.3, 0.4) is 0 Å². The summed E-state index contributed by atoms with van der Waals surface area (Å²) in [7, 11) is 1.61. The molecule has 0 saturated carbocycles. The highest BCUT2D eigenvalue weighted by Crippen LogP contribution is 2.30. The second kappa shape index (κ2) is 7.81. The number of methoxy groups -OCH3 is 1. The number of rotatable bonds is 4. The van der Waals surface area contributed by atoms with Crippen molar-refractivity contribution < 1.29 is 4.74 Å². The van der Waals surface area contributed by atoms with Crippen LogP contribution in [0.4, 0.5) is 0 Å². The Morgan fingerprint density at radius 3 is 2.71 bits per heavy atom. The van der Waals surface area contributed by atoms with Crippen LogP contribution in [-0.4, -0.2) is 17.1 Å². The molecule has 28 heavy (non-hydrogen) atoms. The number of fused-ring (bicyclic) bond motifs is 1.